The number of para-hydroxylation sites is 1. The molecule has 0 radical (unpaired) electrons. The molecule has 0 saturated carbocycles. The van der Waals surface area contributed by atoms with Crippen LogP contribution < -0.4 is 5.32 Å². The second-order valence-electron chi connectivity index (χ2n) is 7.57. The van der Waals surface area contributed by atoms with Crippen LogP contribution in [-0.2, 0) is 26.1 Å². The number of nitrogens with zero attached hydrogens (tertiary/aromatic N) is 3. The number of pyridine rings is 2. The highest BCUT2D eigenvalue weighted by molar-refractivity contribution is 5.78. The lowest BCUT2D eigenvalue weighted by molar-refractivity contribution is 0.287. The molecule has 3 heterocycles. The number of rotatable bonds is 6. The van der Waals surface area contributed by atoms with Crippen molar-refractivity contribution in [2.75, 3.05) is 11.9 Å². The van der Waals surface area contributed by atoms with E-state index in [1.807, 2.05) is 18.3 Å². The van der Waals surface area contributed by atoms with Crippen molar-refractivity contribution in [3.63, 3.8) is 0 Å². The van der Waals surface area contributed by atoms with Gasteiger partial charge in [0, 0.05) is 49.0 Å². The summed E-state index contributed by atoms with van der Waals surface area (Å²) in [6.45, 7) is 3.74. The number of hydrogen-bond acceptors (Lipinski definition) is 4. The Morgan fingerprint density at radius 3 is 2.69 bits per heavy atom. The van der Waals surface area contributed by atoms with Crippen LogP contribution in [0.2, 0.25) is 0 Å². The Kier molecular flexibility index (Phi) is 4.93. The molecule has 0 fully saturated rings. The summed E-state index contributed by atoms with van der Waals surface area (Å²) in [5.41, 5.74) is 7.35. The van der Waals surface area contributed by atoms with Crippen molar-refractivity contribution in [2.24, 2.45) is 0 Å². The summed E-state index contributed by atoms with van der Waals surface area (Å²) in [7, 11) is 0. The highest BCUT2D eigenvalue weighted by Gasteiger charge is 2.21. The molecule has 29 heavy (non-hydrogen) atoms. The van der Waals surface area contributed by atoms with Crippen molar-refractivity contribution in [3.8, 4) is 0 Å². The number of anilines is 1. The molecule has 4 nitrogen and oxygen atoms in total. The van der Waals surface area contributed by atoms with Gasteiger partial charge in [0.15, 0.2) is 0 Å². The van der Waals surface area contributed by atoms with E-state index in [0.29, 0.717) is 0 Å². The standard InChI is InChI=1S/C25H24N4/c1-2-9-24-19(6-1)11-12-21(28-24)13-15-29-17-20-7-5-10-25(23(20)18-29)27-16-22-8-3-4-14-26-22/h1-12,14,27H,13,15-18H2. The van der Waals surface area contributed by atoms with Gasteiger partial charge in [0.25, 0.3) is 0 Å². The van der Waals surface area contributed by atoms with E-state index in [1.54, 1.807) is 0 Å². The molecule has 5 rings (SSSR count). The van der Waals surface area contributed by atoms with Crippen LogP contribution in [0.25, 0.3) is 10.9 Å². The molecular weight excluding hydrogens is 356 g/mol. The van der Waals surface area contributed by atoms with Gasteiger partial charge in [-0.2, -0.15) is 0 Å². The fourth-order valence-electron chi connectivity index (χ4n) is 4.02. The normalized spacial score (nSPS) is 13.5. The first-order valence-electron chi connectivity index (χ1n) is 10.2. The number of fused-ring (bicyclic) bond motifs is 2. The van der Waals surface area contributed by atoms with Gasteiger partial charge in [0.1, 0.15) is 0 Å². The molecular formula is C25H24N4. The van der Waals surface area contributed by atoms with Crippen LogP contribution in [0.3, 0.4) is 0 Å². The SMILES string of the molecule is c1ccc(CNc2cccc3c2CN(CCc2ccc4ccccc4n2)C3)nc1. The van der Waals surface area contributed by atoms with Gasteiger partial charge in [0.05, 0.1) is 17.8 Å². The van der Waals surface area contributed by atoms with Gasteiger partial charge in [-0.25, -0.2) is 0 Å². The first-order chi connectivity index (χ1) is 14.3. The number of hydrogen-bond donors (Lipinski definition) is 1. The highest BCUT2D eigenvalue weighted by Crippen LogP contribution is 2.29. The van der Waals surface area contributed by atoms with Crippen LogP contribution in [0.1, 0.15) is 22.5 Å². The van der Waals surface area contributed by atoms with E-state index in [-0.39, 0.29) is 0 Å². The molecule has 0 saturated heterocycles. The monoisotopic (exact) mass is 380 g/mol. The van der Waals surface area contributed by atoms with Crippen molar-refractivity contribution in [1.82, 2.24) is 14.9 Å². The van der Waals surface area contributed by atoms with Crippen LogP contribution in [-0.4, -0.2) is 21.4 Å². The zero-order valence-electron chi connectivity index (χ0n) is 16.4. The minimum atomic E-state index is 0.748. The van der Waals surface area contributed by atoms with E-state index >= 15 is 0 Å². The van der Waals surface area contributed by atoms with Crippen molar-refractivity contribution in [3.05, 3.63) is 102 Å². The summed E-state index contributed by atoms with van der Waals surface area (Å²) in [4.78, 5) is 11.7. The summed E-state index contributed by atoms with van der Waals surface area (Å²) >= 11 is 0. The number of aromatic nitrogens is 2. The molecule has 144 valence electrons. The lowest BCUT2D eigenvalue weighted by Gasteiger charge is -2.15. The second kappa shape index (κ2) is 8.02. The highest BCUT2D eigenvalue weighted by atomic mass is 15.1. The average molecular weight is 380 g/mol. The van der Waals surface area contributed by atoms with Crippen molar-refractivity contribution >= 4 is 16.6 Å². The van der Waals surface area contributed by atoms with Crippen LogP contribution in [0, 0.1) is 0 Å². The van der Waals surface area contributed by atoms with Gasteiger partial charge in [-0.05, 0) is 41.5 Å². The Morgan fingerprint density at radius 1 is 0.828 bits per heavy atom. The summed E-state index contributed by atoms with van der Waals surface area (Å²) in [6, 6.07) is 25.3. The molecule has 0 aliphatic carbocycles. The fourth-order valence-corrected chi connectivity index (χ4v) is 4.02. The van der Waals surface area contributed by atoms with Crippen LogP contribution in [0.15, 0.2) is 79.0 Å². The van der Waals surface area contributed by atoms with E-state index in [9.17, 15) is 0 Å². The first-order valence-corrected chi connectivity index (χ1v) is 10.2. The fraction of sp³-hybridized carbons (Fsp3) is 0.200. The molecule has 0 unspecified atom stereocenters. The maximum absolute atomic E-state index is 4.82. The summed E-state index contributed by atoms with van der Waals surface area (Å²) in [5.74, 6) is 0. The van der Waals surface area contributed by atoms with Gasteiger partial charge in [-0.15, -0.1) is 0 Å². The lowest BCUT2D eigenvalue weighted by atomic mass is 10.1. The third-order valence-electron chi connectivity index (χ3n) is 5.58. The molecule has 1 N–H and O–H groups in total. The molecule has 4 aromatic rings. The maximum Gasteiger partial charge on any atom is 0.0705 e. The van der Waals surface area contributed by atoms with Gasteiger partial charge < -0.3 is 5.32 Å². The van der Waals surface area contributed by atoms with Gasteiger partial charge in [-0.1, -0.05) is 42.5 Å². The minimum absolute atomic E-state index is 0.748. The first kappa shape index (κ1) is 17.8. The summed E-state index contributed by atoms with van der Waals surface area (Å²) < 4.78 is 0. The van der Waals surface area contributed by atoms with Crippen LogP contribution in [0.4, 0.5) is 5.69 Å². The zero-order chi connectivity index (χ0) is 19.5. The lowest BCUT2D eigenvalue weighted by Crippen LogP contribution is -2.20. The molecule has 0 bridgehead atoms. The second-order valence-corrected chi connectivity index (χ2v) is 7.57. The smallest absolute Gasteiger partial charge is 0.0705 e. The predicted octanol–water partition coefficient (Wildman–Crippen LogP) is 4.80. The van der Waals surface area contributed by atoms with Gasteiger partial charge in [-0.3, -0.25) is 14.9 Å². The molecule has 1 aliphatic rings. The number of nitrogens with one attached hydrogen (secondary N) is 1. The van der Waals surface area contributed by atoms with E-state index < -0.39 is 0 Å². The Hall–Kier alpha value is -3.24. The zero-order valence-corrected chi connectivity index (χ0v) is 16.4. The topological polar surface area (TPSA) is 41.0 Å². The van der Waals surface area contributed by atoms with Crippen LogP contribution >= 0.6 is 0 Å². The van der Waals surface area contributed by atoms with Crippen molar-refractivity contribution in [2.45, 2.75) is 26.1 Å². The Bertz CT molecular complexity index is 1120. The minimum Gasteiger partial charge on any atom is -0.379 e. The maximum atomic E-state index is 4.82. The van der Waals surface area contributed by atoms with Gasteiger partial charge in [0.2, 0.25) is 0 Å². The third-order valence-corrected chi connectivity index (χ3v) is 5.58. The third kappa shape index (κ3) is 3.98. The molecule has 0 amide bonds. The quantitative estimate of drug-likeness (QED) is 0.522. The largest absolute Gasteiger partial charge is 0.379 e. The van der Waals surface area contributed by atoms with Gasteiger partial charge >= 0.3 is 0 Å². The Morgan fingerprint density at radius 2 is 1.76 bits per heavy atom. The van der Waals surface area contributed by atoms with E-state index in [2.05, 4.69) is 75.9 Å². The Labute approximate surface area is 171 Å². The Balaban J connectivity index is 1.23. The summed E-state index contributed by atoms with van der Waals surface area (Å²) in [6.07, 6.45) is 2.81. The average Bonchev–Trinajstić information content (AvgIpc) is 3.20. The molecule has 2 aromatic carbocycles. The summed E-state index contributed by atoms with van der Waals surface area (Å²) in [5, 5.41) is 4.78. The molecule has 4 heteroatoms. The number of benzene rings is 2. The van der Waals surface area contributed by atoms with E-state index in [4.69, 9.17) is 4.98 Å². The molecule has 0 spiro atoms. The van der Waals surface area contributed by atoms with Crippen LogP contribution in [0.5, 0.6) is 0 Å². The van der Waals surface area contributed by atoms with E-state index in [0.717, 1.165) is 49.5 Å². The predicted molar refractivity (Wildman–Crippen MR) is 118 cm³/mol. The molecule has 2 aromatic heterocycles. The molecule has 1 aliphatic heterocycles. The van der Waals surface area contributed by atoms with Crippen molar-refractivity contribution in [1.29, 1.82) is 0 Å². The molecule has 0 atom stereocenters. The van der Waals surface area contributed by atoms with E-state index in [1.165, 1.54) is 22.2 Å². The van der Waals surface area contributed by atoms with Crippen molar-refractivity contribution < 1.29 is 0 Å².